The summed E-state index contributed by atoms with van der Waals surface area (Å²) in [5.74, 6) is 0.802. The van der Waals surface area contributed by atoms with Crippen molar-refractivity contribution in [2.75, 3.05) is 13.2 Å². The molecule has 0 saturated heterocycles. The zero-order valence-electron chi connectivity index (χ0n) is 13.4. The van der Waals surface area contributed by atoms with E-state index in [9.17, 15) is 4.79 Å². The molecule has 0 aromatic carbocycles. The Balaban J connectivity index is 2.46. The second kappa shape index (κ2) is 6.10. The molecule has 1 N–H and O–H groups in total. The largest absolute Gasteiger partial charge is 0.478 e. The Kier molecular flexibility index (Phi) is 4.43. The van der Waals surface area contributed by atoms with E-state index in [0.29, 0.717) is 24.0 Å². The molecule has 2 heterocycles. The first-order valence-electron chi connectivity index (χ1n) is 7.33. The van der Waals surface area contributed by atoms with Crippen LogP contribution in [-0.2, 0) is 7.05 Å². The van der Waals surface area contributed by atoms with Crippen molar-refractivity contribution in [2.45, 2.75) is 27.7 Å². The molecule has 1 aliphatic rings. The van der Waals surface area contributed by atoms with E-state index >= 15 is 0 Å². The van der Waals surface area contributed by atoms with Gasteiger partial charge < -0.3 is 9.64 Å². The smallest absolute Gasteiger partial charge is 0.278 e. The Morgan fingerprint density at radius 1 is 1.48 bits per heavy atom. The summed E-state index contributed by atoms with van der Waals surface area (Å²) in [4.78, 5) is 14.3. The first kappa shape index (κ1) is 15.3. The van der Waals surface area contributed by atoms with Crippen LogP contribution in [0, 0.1) is 5.92 Å². The second-order valence-electron chi connectivity index (χ2n) is 5.17. The summed E-state index contributed by atoms with van der Waals surface area (Å²) >= 11 is 0. The molecule has 1 aromatic rings. The summed E-state index contributed by atoms with van der Waals surface area (Å²) in [6.07, 6.45) is 3.93. The molecule has 5 heteroatoms. The van der Waals surface area contributed by atoms with E-state index in [-0.39, 0.29) is 5.56 Å². The van der Waals surface area contributed by atoms with Crippen LogP contribution < -0.4 is 10.3 Å². The molecule has 1 aromatic heterocycles. The van der Waals surface area contributed by atoms with E-state index in [1.165, 1.54) is 10.4 Å². The highest BCUT2D eigenvalue weighted by atomic mass is 16.5. The Morgan fingerprint density at radius 2 is 2.19 bits per heavy atom. The zero-order valence-corrected chi connectivity index (χ0v) is 13.4. The number of hydrogen-bond acceptors (Lipinski definition) is 3. The van der Waals surface area contributed by atoms with Gasteiger partial charge in [-0.1, -0.05) is 18.7 Å². The second-order valence-corrected chi connectivity index (χ2v) is 5.17. The fourth-order valence-electron chi connectivity index (χ4n) is 2.66. The van der Waals surface area contributed by atoms with Gasteiger partial charge in [0.2, 0.25) is 5.88 Å². The molecule has 0 bridgehead atoms. The lowest BCUT2D eigenvalue weighted by molar-refractivity contribution is 0.322. The van der Waals surface area contributed by atoms with E-state index in [0.717, 1.165) is 12.2 Å². The molecule has 0 radical (unpaired) electrons. The van der Waals surface area contributed by atoms with Crippen LogP contribution in [0.4, 0.5) is 0 Å². The molecular weight excluding hydrogens is 266 g/mol. The number of ether oxygens (including phenoxy) is 1. The Morgan fingerprint density at radius 3 is 2.81 bits per heavy atom. The molecule has 0 saturated carbocycles. The van der Waals surface area contributed by atoms with Gasteiger partial charge in [-0.25, -0.2) is 0 Å². The molecule has 2 rings (SSSR count). The van der Waals surface area contributed by atoms with Crippen molar-refractivity contribution in [3.63, 3.8) is 0 Å². The van der Waals surface area contributed by atoms with Crippen LogP contribution in [0.2, 0.25) is 0 Å². The fourth-order valence-corrected chi connectivity index (χ4v) is 2.66. The highest BCUT2D eigenvalue weighted by Gasteiger charge is 2.22. The van der Waals surface area contributed by atoms with Crippen LogP contribution in [0.15, 0.2) is 28.0 Å². The quantitative estimate of drug-likeness (QED) is 0.866. The van der Waals surface area contributed by atoms with Crippen LogP contribution in [0.5, 0.6) is 5.88 Å². The summed E-state index contributed by atoms with van der Waals surface area (Å²) in [5.41, 5.74) is 6.00. The summed E-state index contributed by atoms with van der Waals surface area (Å²) in [6.45, 7) is 9.63. The number of H-pyrrole nitrogens is 1. The molecular formula is C16H23N3O2. The first-order chi connectivity index (χ1) is 9.99. The van der Waals surface area contributed by atoms with Gasteiger partial charge in [0.15, 0.2) is 0 Å². The van der Waals surface area contributed by atoms with E-state index in [1.54, 1.807) is 13.1 Å². The van der Waals surface area contributed by atoms with Gasteiger partial charge in [-0.2, -0.15) is 0 Å². The zero-order chi connectivity index (χ0) is 15.6. The van der Waals surface area contributed by atoms with Gasteiger partial charge in [-0.3, -0.25) is 14.6 Å². The molecule has 1 atom stereocenters. The summed E-state index contributed by atoms with van der Waals surface area (Å²) < 4.78 is 6.89. The third kappa shape index (κ3) is 2.83. The van der Waals surface area contributed by atoms with Crippen LogP contribution in [0.25, 0.3) is 6.08 Å². The van der Waals surface area contributed by atoms with Gasteiger partial charge in [0.05, 0.1) is 12.3 Å². The number of hydrogen-bond donors (Lipinski definition) is 1. The van der Waals surface area contributed by atoms with Gasteiger partial charge in [0.1, 0.15) is 5.56 Å². The SMILES string of the molecule is CCOc1[nH]n(C)c(=O)c1C=C=C1C(C)C=C(C)N1CC. The van der Waals surface area contributed by atoms with Crippen LogP contribution >= 0.6 is 0 Å². The van der Waals surface area contributed by atoms with Crippen LogP contribution in [0.1, 0.15) is 33.3 Å². The van der Waals surface area contributed by atoms with E-state index in [2.05, 4.69) is 42.6 Å². The van der Waals surface area contributed by atoms with E-state index in [1.807, 2.05) is 6.92 Å². The lowest BCUT2D eigenvalue weighted by atomic mass is 10.1. The number of nitrogens with zero attached hydrogens (tertiary/aromatic N) is 2. The van der Waals surface area contributed by atoms with Crippen molar-refractivity contribution in [2.24, 2.45) is 13.0 Å². The van der Waals surface area contributed by atoms with E-state index < -0.39 is 0 Å². The average Bonchev–Trinajstić information content (AvgIpc) is 2.86. The minimum Gasteiger partial charge on any atom is -0.478 e. The predicted octanol–water partition coefficient (Wildman–Crippen LogP) is 2.48. The maximum absolute atomic E-state index is 12.1. The third-order valence-electron chi connectivity index (χ3n) is 3.66. The number of aromatic amines is 1. The maximum atomic E-state index is 12.1. The molecule has 0 fully saturated rings. The van der Waals surface area contributed by atoms with Crippen molar-refractivity contribution in [1.29, 1.82) is 0 Å². The average molecular weight is 289 g/mol. The summed E-state index contributed by atoms with van der Waals surface area (Å²) in [5, 5.41) is 2.91. The third-order valence-corrected chi connectivity index (χ3v) is 3.66. The monoisotopic (exact) mass is 289 g/mol. The predicted molar refractivity (Wildman–Crippen MR) is 84.0 cm³/mol. The summed E-state index contributed by atoms with van der Waals surface area (Å²) in [7, 11) is 1.68. The van der Waals surface area contributed by atoms with Gasteiger partial charge in [0.25, 0.3) is 5.56 Å². The summed E-state index contributed by atoms with van der Waals surface area (Å²) in [6, 6.07) is 0. The molecule has 114 valence electrons. The fraction of sp³-hybridized carbons (Fsp3) is 0.500. The number of aryl methyl sites for hydroxylation is 1. The highest BCUT2D eigenvalue weighted by Crippen LogP contribution is 2.29. The van der Waals surface area contributed by atoms with Crippen LogP contribution in [0.3, 0.4) is 0 Å². The Bertz CT molecular complexity index is 672. The van der Waals surface area contributed by atoms with Crippen molar-refractivity contribution >= 4 is 6.08 Å². The maximum Gasteiger partial charge on any atom is 0.278 e. The van der Waals surface area contributed by atoms with Gasteiger partial charge >= 0.3 is 0 Å². The lowest BCUT2D eigenvalue weighted by Gasteiger charge is -2.19. The van der Waals surface area contributed by atoms with Gasteiger partial charge in [0, 0.05) is 31.3 Å². The van der Waals surface area contributed by atoms with Crippen molar-refractivity contribution in [1.82, 2.24) is 14.7 Å². The van der Waals surface area contributed by atoms with Crippen LogP contribution in [-0.4, -0.2) is 27.8 Å². The molecule has 5 nitrogen and oxygen atoms in total. The van der Waals surface area contributed by atoms with E-state index in [4.69, 9.17) is 4.74 Å². The number of rotatable bonds is 4. The van der Waals surface area contributed by atoms with Crippen molar-refractivity contribution < 1.29 is 4.74 Å². The number of aromatic nitrogens is 2. The molecule has 0 amide bonds. The molecule has 0 aliphatic carbocycles. The standard InChI is InChI=1S/C16H23N3O2/c1-6-19-12(4)10-11(3)14(19)9-8-13-15(21-7-2)17-18(5)16(13)20/h8,10-11,17H,6-7H2,1-5H3. The van der Waals surface area contributed by atoms with Gasteiger partial charge in [-0.15, -0.1) is 0 Å². The molecule has 1 unspecified atom stereocenters. The van der Waals surface area contributed by atoms with Gasteiger partial charge in [-0.05, 0) is 20.8 Å². The molecule has 21 heavy (non-hydrogen) atoms. The number of nitrogens with one attached hydrogen (secondary N) is 1. The molecule has 0 spiro atoms. The highest BCUT2D eigenvalue weighted by molar-refractivity contribution is 5.54. The lowest BCUT2D eigenvalue weighted by Crippen LogP contribution is -2.17. The first-order valence-corrected chi connectivity index (χ1v) is 7.33. The van der Waals surface area contributed by atoms with Crippen molar-refractivity contribution in [3.05, 3.63) is 39.1 Å². The molecule has 1 aliphatic heterocycles. The van der Waals surface area contributed by atoms with Crippen molar-refractivity contribution in [3.8, 4) is 5.88 Å². The minimum atomic E-state index is -0.107. The number of allylic oxidation sites excluding steroid dienone is 2. The minimum absolute atomic E-state index is 0.107. The Labute approximate surface area is 125 Å². The topological polar surface area (TPSA) is 50.3 Å². The Hall–Kier alpha value is -2.13. The normalized spacial score (nSPS) is 17.8.